The maximum Gasteiger partial charge on any atom is 0.308 e. The van der Waals surface area contributed by atoms with Crippen molar-refractivity contribution in [2.75, 3.05) is 0 Å². The zero-order valence-corrected chi connectivity index (χ0v) is 10.9. The van der Waals surface area contributed by atoms with E-state index in [0.717, 1.165) is 16.2 Å². The molecular weight excluding hydrogens is 236 g/mol. The van der Waals surface area contributed by atoms with Gasteiger partial charge in [-0.05, 0) is 40.8 Å². The number of carbonyl (C=O) groups excluding carboxylic acids is 1. The van der Waals surface area contributed by atoms with Crippen LogP contribution in [0.1, 0.15) is 12.5 Å². The van der Waals surface area contributed by atoms with Gasteiger partial charge in [-0.25, -0.2) is 0 Å². The van der Waals surface area contributed by atoms with Gasteiger partial charge < -0.3 is 4.74 Å². The first-order valence-corrected chi connectivity index (χ1v) is 6.26. The summed E-state index contributed by atoms with van der Waals surface area (Å²) < 4.78 is 5.29. The van der Waals surface area contributed by atoms with Crippen molar-refractivity contribution >= 4 is 27.5 Å². The highest BCUT2D eigenvalue weighted by Crippen LogP contribution is 2.33. The van der Waals surface area contributed by atoms with Crippen LogP contribution in [0.5, 0.6) is 5.75 Å². The summed E-state index contributed by atoms with van der Waals surface area (Å²) in [6, 6.07) is 16.1. The third kappa shape index (κ3) is 1.95. The van der Waals surface area contributed by atoms with E-state index in [9.17, 15) is 4.79 Å². The Balaban J connectivity index is 2.40. The van der Waals surface area contributed by atoms with Gasteiger partial charge in [-0.1, -0.05) is 36.4 Å². The van der Waals surface area contributed by atoms with E-state index in [0.29, 0.717) is 5.75 Å². The molecule has 0 aromatic heterocycles. The lowest BCUT2D eigenvalue weighted by Gasteiger charge is -2.11. The lowest BCUT2D eigenvalue weighted by Crippen LogP contribution is -2.01. The van der Waals surface area contributed by atoms with Crippen molar-refractivity contribution in [2.24, 2.45) is 0 Å². The number of carbonyl (C=O) groups is 1. The Morgan fingerprint density at radius 1 is 0.947 bits per heavy atom. The van der Waals surface area contributed by atoms with E-state index in [1.807, 2.05) is 24.3 Å². The van der Waals surface area contributed by atoms with Crippen molar-refractivity contribution in [1.82, 2.24) is 0 Å². The van der Waals surface area contributed by atoms with Gasteiger partial charge in [-0.15, -0.1) is 0 Å². The standard InChI is InChI=1S/C17H14O2/c1-11-14-7-4-3-6-13(14)10-16-15(11)8-5-9-17(16)19-12(2)18/h3-10H,1-2H3. The van der Waals surface area contributed by atoms with Gasteiger partial charge in [0.2, 0.25) is 0 Å². The molecule has 0 unspecified atom stereocenters. The number of hydrogen-bond donors (Lipinski definition) is 0. The number of rotatable bonds is 1. The molecule has 0 aliphatic heterocycles. The van der Waals surface area contributed by atoms with E-state index in [4.69, 9.17) is 4.74 Å². The summed E-state index contributed by atoms with van der Waals surface area (Å²) in [5.74, 6) is 0.331. The summed E-state index contributed by atoms with van der Waals surface area (Å²) in [6.45, 7) is 3.52. The lowest BCUT2D eigenvalue weighted by atomic mass is 9.97. The topological polar surface area (TPSA) is 26.3 Å². The van der Waals surface area contributed by atoms with Crippen LogP contribution in [0.25, 0.3) is 21.5 Å². The van der Waals surface area contributed by atoms with Crippen LogP contribution in [0.4, 0.5) is 0 Å². The molecule has 0 saturated heterocycles. The van der Waals surface area contributed by atoms with Crippen molar-refractivity contribution in [3.8, 4) is 5.75 Å². The number of ether oxygens (including phenoxy) is 1. The molecule has 2 heteroatoms. The van der Waals surface area contributed by atoms with Crippen LogP contribution in [0.15, 0.2) is 48.5 Å². The molecule has 2 nitrogen and oxygen atoms in total. The van der Waals surface area contributed by atoms with E-state index in [1.54, 1.807) is 0 Å². The van der Waals surface area contributed by atoms with Crippen molar-refractivity contribution < 1.29 is 9.53 Å². The zero-order valence-electron chi connectivity index (χ0n) is 10.9. The van der Waals surface area contributed by atoms with E-state index >= 15 is 0 Å². The van der Waals surface area contributed by atoms with Crippen LogP contribution in [-0.2, 0) is 4.79 Å². The number of esters is 1. The SMILES string of the molecule is CC(=O)Oc1cccc2c(C)c3ccccc3cc12. The predicted octanol–water partition coefficient (Wildman–Crippen LogP) is 4.23. The Hall–Kier alpha value is -2.35. The molecule has 0 N–H and O–H groups in total. The molecule has 0 spiro atoms. The Morgan fingerprint density at radius 3 is 2.47 bits per heavy atom. The molecule has 0 radical (unpaired) electrons. The molecule has 3 aromatic carbocycles. The second kappa shape index (κ2) is 4.39. The van der Waals surface area contributed by atoms with Crippen molar-refractivity contribution in [3.05, 3.63) is 54.1 Å². The number of aryl methyl sites for hydroxylation is 1. The van der Waals surface area contributed by atoms with Crippen LogP contribution in [0.3, 0.4) is 0 Å². The van der Waals surface area contributed by atoms with Crippen molar-refractivity contribution in [1.29, 1.82) is 0 Å². The second-order valence-electron chi connectivity index (χ2n) is 4.67. The minimum Gasteiger partial charge on any atom is -0.426 e. The lowest BCUT2D eigenvalue weighted by molar-refractivity contribution is -0.131. The number of benzene rings is 3. The third-order valence-corrected chi connectivity index (χ3v) is 3.39. The normalized spacial score (nSPS) is 10.8. The Labute approximate surface area is 111 Å². The Kier molecular flexibility index (Phi) is 2.71. The highest BCUT2D eigenvalue weighted by atomic mass is 16.5. The Bertz CT molecular complexity index is 788. The first kappa shape index (κ1) is 11.7. The number of fused-ring (bicyclic) bond motifs is 2. The second-order valence-corrected chi connectivity index (χ2v) is 4.67. The highest BCUT2D eigenvalue weighted by molar-refractivity contribution is 6.04. The minimum atomic E-state index is -0.293. The molecule has 0 atom stereocenters. The summed E-state index contributed by atoms with van der Waals surface area (Å²) in [6.07, 6.45) is 0. The molecule has 0 fully saturated rings. The fourth-order valence-electron chi connectivity index (χ4n) is 2.53. The molecule has 19 heavy (non-hydrogen) atoms. The number of hydrogen-bond acceptors (Lipinski definition) is 2. The average Bonchev–Trinajstić information content (AvgIpc) is 2.40. The van der Waals surface area contributed by atoms with Gasteiger partial charge in [0.05, 0.1) is 0 Å². The smallest absolute Gasteiger partial charge is 0.308 e. The molecule has 3 aromatic rings. The summed E-state index contributed by atoms with van der Waals surface area (Å²) >= 11 is 0. The minimum absolute atomic E-state index is 0.293. The highest BCUT2D eigenvalue weighted by Gasteiger charge is 2.09. The van der Waals surface area contributed by atoms with Crippen LogP contribution in [0, 0.1) is 6.92 Å². The maximum absolute atomic E-state index is 11.2. The van der Waals surface area contributed by atoms with Crippen molar-refractivity contribution in [3.63, 3.8) is 0 Å². The summed E-state index contributed by atoms with van der Waals surface area (Å²) in [5.41, 5.74) is 1.21. The van der Waals surface area contributed by atoms with Gasteiger partial charge in [-0.3, -0.25) is 4.79 Å². The first-order chi connectivity index (χ1) is 9.16. The van der Waals surface area contributed by atoms with E-state index in [2.05, 4.69) is 31.2 Å². The Morgan fingerprint density at radius 2 is 1.68 bits per heavy atom. The van der Waals surface area contributed by atoms with Crippen LogP contribution in [-0.4, -0.2) is 5.97 Å². The molecule has 0 aliphatic carbocycles. The molecular formula is C17H14O2. The molecule has 0 saturated carbocycles. The van der Waals surface area contributed by atoms with E-state index in [-0.39, 0.29) is 5.97 Å². The summed E-state index contributed by atoms with van der Waals surface area (Å²) in [4.78, 5) is 11.2. The van der Waals surface area contributed by atoms with Gasteiger partial charge in [0.25, 0.3) is 0 Å². The van der Waals surface area contributed by atoms with Gasteiger partial charge in [0, 0.05) is 12.3 Å². The zero-order chi connectivity index (χ0) is 13.4. The maximum atomic E-state index is 11.2. The largest absolute Gasteiger partial charge is 0.426 e. The van der Waals surface area contributed by atoms with Gasteiger partial charge in [-0.2, -0.15) is 0 Å². The molecule has 94 valence electrons. The van der Waals surface area contributed by atoms with Crippen LogP contribution >= 0.6 is 0 Å². The fraction of sp³-hybridized carbons (Fsp3) is 0.118. The third-order valence-electron chi connectivity index (χ3n) is 3.39. The molecule has 0 heterocycles. The van der Waals surface area contributed by atoms with Gasteiger partial charge in [0.15, 0.2) is 0 Å². The summed E-state index contributed by atoms with van der Waals surface area (Å²) in [7, 11) is 0. The molecule has 0 bridgehead atoms. The summed E-state index contributed by atoms with van der Waals surface area (Å²) in [5, 5.41) is 4.49. The van der Waals surface area contributed by atoms with Crippen LogP contribution < -0.4 is 4.74 Å². The quantitative estimate of drug-likeness (QED) is 0.367. The van der Waals surface area contributed by atoms with Crippen LogP contribution in [0.2, 0.25) is 0 Å². The monoisotopic (exact) mass is 250 g/mol. The molecule has 0 amide bonds. The first-order valence-electron chi connectivity index (χ1n) is 6.26. The predicted molar refractivity (Wildman–Crippen MR) is 77.5 cm³/mol. The van der Waals surface area contributed by atoms with E-state index < -0.39 is 0 Å². The van der Waals surface area contributed by atoms with E-state index in [1.165, 1.54) is 17.9 Å². The average molecular weight is 250 g/mol. The van der Waals surface area contributed by atoms with Gasteiger partial charge >= 0.3 is 5.97 Å². The van der Waals surface area contributed by atoms with Crippen molar-refractivity contribution in [2.45, 2.75) is 13.8 Å². The molecule has 3 rings (SSSR count). The van der Waals surface area contributed by atoms with Gasteiger partial charge in [0.1, 0.15) is 5.75 Å². The fourth-order valence-corrected chi connectivity index (χ4v) is 2.53. The molecule has 0 aliphatic rings.